The van der Waals surface area contributed by atoms with Gasteiger partial charge in [0.25, 0.3) is 0 Å². The largest absolute Gasteiger partial charge is 0.481 e. The van der Waals surface area contributed by atoms with Crippen molar-refractivity contribution < 1.29 is 18.9 Å². The smallest absolute Gasteiger partial charge is 0.318 e. The van der Waals surface area contributed by atoms with Gasteiger partial charge in [-0.1, -0.05) is 104 Å². The number of aliphatic carboxylic acids is 1. The van der Waals surface area contributed by atoms with Gasteiger partial charge in [-0.15, -0.1) is 0 Å². The second-order valence-electron chi connectivity index (χ2n) is 7.64. The minimum absolute atomic E-state index is 0.0477. The molecule has 0 saturated heterocycles. The standard InChI is InChI=1S/C22H42O4S/c1-3-4-5-6-7-8-9-10-11-12-13-14-15-16-17-20(2)27-26-22(25)19-18-21(23)24/h20H,3-19H2,1-2H3,(H,23,24). The molecule has 0 aromatic carbocycles. The van der Waals surface area contributed by atoms with Crippen LogP contribution in [0.5, 0.6) is 0 Å². The molecule has 0 aromatic heterocycles. The third kappa shape index (κ3) is 21.4. The molecule has 0 bridgehead atoms. The van der Waals surface area contributed by atoms with Crippen LogP contribution in [0.15, 0.2) is 0 Å². The maximum Gasteiger partial charge on any atom is 0.318 e. The molecule has 27 heavy (non-hydrogen) atoms. The summed E-state index contributed by atoms with van der Waals surface area (Å²) >= 11 is 1.18. The van der Waals surface area contributed by atoms with Crippen molar-refractivity contribution in [2.75, 3.05) is 0 Å². The maximum atomic E-state index is 11.3. The lowest BCUT2D eigenvalue weighted by molar-refractivity contribution is -0.141. The highest BCUT2D eigenvalue weighted by atomic mass is 32.2. The van der Waals surface area contributed by atoms with Crippen molar-refractivity contribution in [3.05, 3.63) is 0 Å². The first-order valence-corrected chi connectivity index (χ1v) is 11.9. The van der Waals surface area contributed by atoms with Crippen molar-refractivity contribution in [2.24, 2.45) is 0 Å². The van der Waals surface area contributed by atoms with Crippen molar-refractivity contribution >= 4 is 24.0 Å². The van der Waals surface area contributed by atoms with E-state index in [0.29, 0.717) is 0 Å². The molecule has 0 aliphatic carbocycles. The van der Waals surface area contributed by atoms with Crippen LogP contribution in [0.1, 0.15) is 123 Å². The monoisotopic (exact) mass is 402 g/mol. The molecule has 0 aliphatic heterocycles. The van der Waals surface area contributed by atoms with Crippen LogP contribution in [-0.4, -0.2) is 22.3 Å². The van der Waals surface area contributed by atoms with Crippen LogP contribution in [0.4, 0.5) is 0 Å². The second kappa shape index (κ2) is 20.0. The van der Waals surface area contributed by atoms with E-state index in [1.807, 2.05) is 0 Å². The minimum Gasteiger partial charge on any atom is -0.481 e. The fourth-order valence-electron chi connectivity index (χ4n) is 3.06. The Morgan fingerprint density at radius 2 is 1.22 bits per heavy atom. The van der Waals surface area contributed by atoms with Crippen LogP contribution in [0, 0.1) is 0 Å². The van der Waals surface area contributed by atoms with Gasteiger partial charge in [0.1, 0.15) is 0 Å². The highest BCUT2D eigenvalue weighted by molar-refractivity contribution is 7.95. The van der Waals surface area contributed by atoms with E-state index in [0.717, 1.165) is 6.42 Å². The van der Waals surface area contributed by atoms with E-state index in [-0.39, 0.29) is 18.1 Å². The van der Waals surface area contributed by atoms with E-state index < -0.39 is 11.9 Å². The van der Waals surface area contributed by atoms with Crippen LogP contribution in [0.2, 0.25) is 0 Å². The first kappa shape index (κ1) is 26.3. The molecule has 1 N–H and O–H groups in total. The first-order chi connectivity index (χ1) is 13.1. The molecular formula is C22H42O4S. The molecule has 0 rings (SSSR count). The fourth-order valence-corrected chi connectivity index (χ4v) is 3.68. The van der Waals surface area contributed by atoms with Crippen molar-refractivity contribution in [1.29, 1.82) is 0 Å². The summed E-state index contributed by atoms with van der Waals surface area (Å²) in [5.74, 6) is -1.40. The average Bonchev–Trinajstić information content (AvgIpc) is 2.64. The summed E-state index contributed by atoms with van der Waals surface area (Å²) in [6.07, 6.45) is 19.8. The molecule has 0 aromatic rings. The van der Waals surface area contributed by atoms with Gasteiger partial charge in [-0.05, 0) is 6.42 Å². The van der Waals surface area contributed by atoms with Crippen LogP contribution >= 0.6 is 12.0 Å². The van der Waals surface area contributed by atoms with E-state index in [4.69, 9.17) is 9.29 Å². The molecule has 0 spiro atoms. The third-order valence-electron chi connectivity index (χ3n) is 4.81. The number of carbonyl (C=O) groups excluding carboxylic acids is 1. The zero-order valence-corrected chi connectivity index (χ0v) is 18.5. The van der Waals surface area contributed by atoms with Crippen LogP contribution in [0.3, 0.4) is 0 Å². The van der Waals surface area contributed by atoms with E-state index in [1.165, 1.54) is 102 Å². The first-order valence-electron chi connectivity index (χ1n) is 11.1. The van der Waals surface area contributed by atoms with E-state index in [1.54, 1.807) is 0 Å². The molecular weight excluding hydrogens is 360 g/mol. The number of carbonyl (C=O) groups is 2. The lowest BCUT2D eigenvalue weighted by atomic mass is 10.0. The lowest BCUT2D eigenvalue weighted by Crippen LogP contribution is -2.06. The van der Waals surface area contributed by atoms with Gasteiger partial charge < -0.3 is 9.29 Å². The summed E-state index contributed by atoms with van der Waals surface area (Å²) in [7, 11) is 0. The van der Waals surface area contributed by atoms with Gasteiger partial charge in [-0.2, -0.15) is 0 Å². The fraction of sp³-hybridized carbons (Fsp3) is 0.909. The Morgan fingerprint density at radius 3 is 1.67 bits per heavy atom. The quantitative estimate of drug-likeness (QED) is 0.171. The zero-order chi connectivity index (χ0) is 20.2. The number of rotatable bonds is 20. The normalized spacial score (nSPS) is 12.1. The third-order valence-corrected chi connectivity index (χ3v) is 5.66. The Morgan fingerprint density at radius 1 is 0.778 bits per heavy atom. The number of carboxylic acids is 1. The van der Waals surface area contributed by atoms with E-state index >= 15 is 0 Å². The predicted molar refractivity (Wildman–Crippen MR) is 115 cm³/mol. The summed E-state index contributed by atoms with van der Waals surface area (Å²) in [5.41, 5.74) is 0. The molecule has 1 atom stereocenters. The summed E-state index contributed by atoms with van der Waals surface area (Å²) < 4.78 is 5.04. The number of carboxylic acid groups (broad SMARTS) is 1. The molecule has 160 valence electrons. The molecule has 4 nitrogen and oxygen atoms in total. The van der Waals surface area contributed by atoms with Crippen LogP contribution in [0.25, 0.3) is 0 Å². The number of hydrogen-bond donors (Lipinski definition) is 1. The maximum absolute atomic E-state index is 11.3. The van der Waals surface area contributed by atoms with Crippen LogP contribution < -0.4 is 0 Å². The lowest BCUT2D eigenvalue weighted by Gasteiger charge is -2.10. The minimum atomic E-state index is -0.965. The Hall–Kier alpha value is -0.710. The average molecular weight is 403 g/mol. The molecule has 0 saturated carbocycles. The summed E-state index contributed by atoms with van der Waals surface area (Å²) in [5, 5.41) is 8.79. The van der Waals surface area contributed by atoms with Crippen molar-refractivity contribution in [2.45, 2.75) is 128 Å². The van der Waals surface area contributed by atoms with Crippen molar-refractivity contribution in [1.82, 2.24) is 0 Å². The van der Waals surface area contributed by atoms with Gasteiger partial charge in [0.2, 0.25) is 0 Å². The molecule has 5 heteroatoms. The number of hydrogen-bond acceptors (Lipinski definition) is 4. The molecule has 0 amide bonds. The Labute approximate surface area is 171 Å². The molecule has 0 fully saturated rings. The number of unbranched alkanes of at least 4 members (excludes halogenated alkanes) is 13. The van der Waals surface area contributed by atoms with Gasteiger partial charge in [0, 0.05) is 5.25 Å². The Kier molecular flexibility index (Phi) is 19.5. The highest BCUT2D eigenvalue weighted by Gasteiger charge is 2.10. The highest BCUT2D eigenvalue weighted by Crippen LogP contribution is 2.20. The van der Waals surface area contributed by atoms with E-state index in [9.17, 15) is 9.59 Å². The summed E-state index contributed by atoms with van der Waals surface area (Å²) in [4.78, 5) is 21.7. The van der Waals surface area contributed by atoms with Gasteiger partial charge >= 0.3 is 11.9 Å². The SMILES string of the molecule is CCCCCCCCCCCCCCCCC(C)SOC(=O)CCC(=O)O. The van der Waals surface area contributed by atoms with E-state index in [2.05, 4.69) is 13.8 Å². The predicted octanol–water partition coefficient (Wildman–Crippen LogP) is 7.30. The van der Waals surface area contributed by atoms with Gasteiger partial charge in [0.15, 0.2) is 0 Å². The zero-order valence-electron chi connectivity index (χ0n) is 17.7. The van der Waals surface area contributed by atoms with Crippen LogP contribution in [-0.2, 0) is 13.8 Å². The molecule has 0 radical (unpaired) electrons. The van der Waals surface area contributed by atoms with Gasteiger partial charge in [-0.3, -0.25) is 9.59 Å². The molecule has 0 aliphatic rings. The van der Waals surface area contributed by atoms with Crippen molar-refractivity contribution in [3.63, 3.8) is 0 Å². The Balaban J connectivity index is 3.25. The Bertz CT molecular complexity index is 360. The van der Waals surface area contributed by atoms with Gasteiger partial charge in [0.05, 0.1) is 24.9 Å². The van der Waals surface area contributed by atoms with Crippen molar-refractivity contribution in [3.8, 4) is 0 Å². The second-order valence-corrected chi connectivity index (χ2v) is 8.80. The topological polar surface area (TPSA) is 63.6 Å². The van der Waals surface area contributed by atoms with Gasteiger partial charge in [-0.25, -0.2) is 0 Å². The molecule has 1 unspecified atom stereocenters. The molecule has 0 heterocycles. The summed E-state index contributed by atoms with van der Waals surface area (Å²) in [6, 6.07) is 0. The summed E-state index contributed by atoms with van der Waals surface area (Å²) in [6.45, 7) is 4.32.